The Morgan fingerprint density at radius 1 is 1.16 bits per heavy atom. The largest absolute Gasteiger partial charge is 0.469 e. The molecule has 0 atom stereocenters. The summed E-state index contributed by atoms with van der Waals surface area (Å²) in [7, 11) is 1.36. The Balaban J connectivity index is 1.69. The molecule has 0 saturated carbocycles. The number of methoxy groups -OCH3 is 1. The predicted molar refractivity (Wildman–Crippen MR) is 96.1 cm³/mol. The first kappa shape index (κ1) is 16.9. The van der Waals surface area contributed by atoms with Gasteiger partial charge in [0.05, 0.1) is 29.3 Å². The van der Waals surface area contributed by atoms with Gasteiger partial charge in [-0.05, 0) is 30.3 Å². The molecule has 0 unspecified atom stereocenters. The highest BCUT2D eigenvalue weighted by Gasteiger charge is 2.12. The van der Waals surface area contributed by atoms with Crippen LogP contribution < -0.4 is 10.1 Å². The van der Waals surface area contributed by atoms with Crippen LogP contribution >= 0.6 is 11.3 Å². The number of hydrogen-bond acceptors (Lipinski definition) is 7. The summed E-state index contributed by atoms with van der Waals surface area (Å²) in [6, 6.07) is 14.1. The molecule has 3 aromatic rings. The summed E-state index contributed by atoms with van der Waals surface area (Å²) in [5, 5.41) is 3.77. The second kappa shape index (κ2) is 7.76. The molecule has 25 heavy (non-hydrogen) atoms. The third kappa shape index (κ3) is 4.33. The Morgan fingerprint density at radius 2 is 1.96 bits per heavy atom. The van der Waals surface area contributed by atoms with E-state index in [-0.39, 0.29) is 12.4 Å². The lowest BCUT2D eigenvalue weighted by molar-refractivity contribution is -0.140. The Hall–Kier alpha value is -2.93. The van der Waals surface area contributed by atoms with Crippen molar-refractivity contribution in [1.29, 1.82) is 0 Å². The first-order chi connectivity index (χ1) is 12.2. The lowest BCUT2D eigenvalue weighted by Gasteiger charge is -2.03. The molecule has 0 amide bonds. The molecular formula is C18H16N2O4S. The van der Waals surface area contributed by atoms with Gasteiger partial charge in [0.2, 0.25) is 0 Å². The molecule has 6 nitrogen and oxygen atoms in total. The third-order valence-electron chi connectivity index (χ3n) is 3.41. The number of hydrogen-bond donors (Lipinski definition) is 1. The molecular weight excluding hydrogens is 340 g/mol. The lowest BCUT2D eigenvalue weighted by Crippen LogP contribution is -2.09. The Kier molecular flexibility index (Phi) is 5.25. The smallest absolute Gasteiger partial charge is 0.343 e. The monoisotopic (exact) mass is 356 g/mol. The average Bonchev–Trinajstić information content (AvgIpc) is 3.04. The second-order valence-corrected chi connectivity index (χ2v) is 6.19. The van der Waals surface area contributed by atoms with E-state index in [4.69, 9.17) is 4.74 Å². The van der Waals surface area contributed by atoms with Crippen molar-refractivity contribution >= 4 is 38.6 Å². The van der Waals surface area contributed by atoms with Gasteiger partial charge < -0.3 is 14.8 Å². The van der Waals surface area contributed by atoms with E-state index < -0.39 is 5.97 Å². The number of benzene rings is 2. The average molecular weight is 356 g/mol. The SMILES string of the molecule is COC(=O)CCNc1nc2ccc(C(=O)Oc3ccccc3)cc2s1. The summed E-state index contributed by atoms with van der Waals surface area (Å²) in [6.45, 7) is 0.440. The minimum atomic E-state index is -0.415. The van der Waals surface area contributed by atoms with Crippen LogP contribution in [-0.2, 0) is 9.53 Å². The molecule has 1 heterocycles. The Labute approximate surface area is 148 Å². The Bertz CT molecular complexity index is 892. The molecule has 7 heteroatoms. The molecule has 0 aliphatic rings. The number of anilines is 1. The van der Waals surface area contributed by atoms with Crippen LogP contribution in [0.15, 0.2) is 48.5 Å². The number of carbonyl (C=O) groups excluding carboxylic acids is 2. The molecule has 1 aromatic heterocycles. The first-order valence-electron chi connectivity index (χ1n) is 7.64. The summed E-state index contributed by atoms with van der Waals surface area (Å²) in [5.41, 5.74) is 1.24. The topological polar surface area (TPSA) is 77.5 Å². The molecule has 0 aliphatic carbocycles. The second-order valence-electron chi connectivity index (χ2n) is 5.16. The van der Waals surface area contributed by atoms with Gasteiger partial charge in [-0.2, -0.15) is 0 Å². The van der Waals surface area contributed by atoms with E-state index in [0.29, 0.717) is 23.0 Å². The molecule has 128 valence electrons. The maximum Gasteiger partial charge on any atom is 0.343 e. The maximum absolute atomic E-state index is 12.2. The Morgan fingerprint density at radius 3 is 2.72 bits per heavy atom. The number of rotatable bonds is 6. The first-order valence-corrected chi connectivity index (χ1v) is 8.46. The number of nitrogens with one attached hydrogen (secondary N) is 1. The van der Waals surface area contributed by atoms with Crippen molar-refractivity contribution in [3.63, 3.8) is 0 Å². The molecule has 0 spiro atoms. The van der Waals surface area contributed by atoms with Gasteiger partial charge in [0.25, 0.3) is 0 Å². The van der Waals surface area contributed by atoms with Gasteiger partial charge in [-0.15, -0.1) is 0 Å². The minimum Gasteiger partial charge on any atom is -0.469 e. The molecule has 0 bridgehead atoms. The number of thiazole rings is 1. The fraction of sp³-hybridized carbons (Fsp3) is 0.167. The zero-order chi connectivity index (χ0) is 17.6. The van der Waals surface area contributed by atoms with Gasteiger partial charge in [-0.25, -0.2) is 9.78 Å². The van der Waals surface area contributed by atoms with E-state index in [0.717, 1.165) is 10.2 Å². The van der Waals surface area contributed by atoms with Crippen molar-refractivity contribution in [2.45, 2.75) is 6.42 Å². The number of fused-ring (bicyclic) bond motifs is 1. The van der Waals surface area contributed by atoms with Crippen LogP contribution in [-0.4, -0.2) is 30.6 Å². The van der Waals surface area contributed by atoms with E-state index in [1.54, 1.807) is 42.5 Å². The summed E-state index contributed by atoms with van der Waals surface area (Å²) >= 11 is 1.41. The molecule has 0 aliphatic heterocycles. The van der Waals surface area contributed by atoms with Crippen LogP contribution in [0.2, 0.25) is 0 Å². The highest BCUT2D eigenvalue weighted by Crippen LogP contribution is 2.27. The van der Waals surface area contributed by atoms with E-state index in [1.165, 1.54) is 18.4 Å². The molecule has 1 N–H and O–H groups in total. The maximum atomic E-state index is 12.2. The van der Waals surface area contributed by atoms with Crippen molar-refractivity contribution in [3.05, 3.63) is 54.1 Å². The van der Waals surface area contributed by atoms with Gasteiger partial charge in [-0.1, -0.05) is 29.5 Å². The van der Waals surface area contributed by atoms with Gasteiger partial charge in [0.15, 0.2) is 5.13 Å². The van der Waals surface area contributed by atoms with Gasteiger partial charge in [0, 0.05) is 6.54 Å². The van der Waals surface area contributed by atoms with Gasteiger partial charge in [-0.3, -0.25) is 4.79 Å². The van der Waals surface area contributed by atoms with Crippen molar-refractivity contribution in [1.82, 2.24) is 4.98 Å². The van der Waals surface area contributed by atoms with Crippen LogP contribution in [0.4, 0.5) is 5.13 Å². The minimum absolute atomic E-state index is 0.265. The molecule has 2 aromatic carbocycles. The third-order valence-corrected chi connectivity index (χ3v) is 4.39. The molecule has 0 radical (unpaired) electrons. The zero-order valence-corrected chi connectivity index (χ0v) is 14.3. The highest BCUT2D eigenvalue weighted by molar-refractivity contribution is 7.22. The fourth-order valence-electron chi connectivity index (χ4n) is 2.16. The summed E-state index contributed by atoms with van der Waals surface area (Å²) in [5.74, 6) is -0.191. The number of carbonyl (C=O) groups is 2. The van der Waals surface area contributed by atoms with Crippen LogP contribution in [0.5, 0.6) is 5.75 Å². The van der Waals surface area contributed by atoms with Crippen molar-refractivity contribution in [3.8, 4) is 5.75 Å². The summed E-state index contributed by atoms with van der Waals surface area (Å²) in [6.07, 6.45) is 0.265. The zero-order valence-electron chi connectivity index (χ0n) is 13.5. The van der Waals surface area contributed by atoms with E-state index in [2.05, 4.69) is 15.0 Å². The number of ether oxygens (including phenoxy) is 2. The van der Waals surface area contributed by atoms with Gasteiger partial charge >= 0.3 is 11.9 Å². The molecule has 0 saturated heterocycles. The van der Waals surface area contributed by atoms with E-state index in [9.17, 15) is 9.59 Å². The predicted octanol–water partition coefficient (Wildman–Crippen LogP) is 3.49. The van der Waals surface area contributed by atoms with Gasteiger partial charge in [0.1, 0.15) is 5.75 Å². The number of aromatic nitrogens is 1. The molecule has 3 rings (SSSR count). The van der Waals surface area contributed by atoms with Crippen LogP contribution in [0.1, 0.15) is 16.8 Å². The quantitative estimate of drug-likeness (QED) is 0.538. The number of para-hydroxylation sites is 1. The van der Waals surface area contributed by atoms with E-state index in [1.807, 2.05) is 6.07 Å². The highest BCUT2D eigenvalue weighted by atomic mass is 32.1. The standard InChI is InChI=1S/C18H16N2O4S/c1-23-16(21)9-10-19-18-20-14-8-7-12(11-15(14)25-18)17(22)24-13-5-3-2-4-6-13/h2-8,11H,9-10H2,1H3,(H,19,20). The van der Waals surface area contributed by atoms with Crippen molar-refractivity contribution in [2.24, 2.45) is 0 Å². The van der Waals surface area contributed by atoms with Crippen LogP contribution in [0.3, 0.4) is 0 Å². The van der Waals surface area contributed by atoms with Crippen molar-refractivity contribution in [2.75, 3.05) is 19.0 Å². The summed E-state index contributed by atoms with van der Waals surface area (Å²) < 4.78 is 10.8. The summed E-state index contributed by atoms with van der Waals surface area (Å²) in [4.78, 5) is 27.8. The van der Waals surface area contributed by atoms with Crippen molar-refractivity contribution < 1.29 is 19.1 Å². The van der Waals surface area contributed by atoms with E-state index >= 15 is 0 Å². The lowest BCUT2D eigenvalue weighted by atomic mass is 10.2. The normalized spacial score (nSPS) is 10.4. The number of esters is 2. The fourth-order valence-corrected chi connectivity index (χ4v) is 3.09. The number of nitrogens with zero attached hydrogens (tertiary/aromatic N) is 1. The molecule has 0 fully saturated rings. The van der Waals surface area contributed by atoms with Crippen LogP contribution in [0.25, 0.3) is 10.2 Å². The van der Waals surface area contributed by atoms with Crippen LogP contribution in [0, 0.1) is 0 Å².